The number of nitriles is 1. The zero-order valence-corrected chi connectivity index (χ0v) is 13.0. The van der Waals surface area contributed by atoms with Crippen LogP contribution in [0.5, 0.6) is 5.75 Å². The highest BCUT2D eigenvalue weighted by Gasteiger charge is 2.19. The van der Waals surface area contributed by atoms with Gasteiger partial charge < -0.3 is 19.4 Å². The van der Waals surface area contributed by atoms with Gasteiger partial charge in [0.15, 0.2) is 0 Å². The summed E-state index contributed by atoms with van der Waals surface area (Å²) in [6.07, 6.45) is 3.08. The summed E-state index contributed by atoms with van der Waals surface area (Å²) in [6.45, 7) is 2.05. The second-order valence-electron chi connectivity index (χ2n) is 5.18. The summed E-state index contributed by atoms with van der Waals surface area (Å²) >= 11 is 0. The van der Waals surface area contributed by atoms with Crippen molar-refractivity contribution in [2.75, 3.05) is 30.0 Å². The van der Waals surface area contributed by atoms with Crippen LogP contribution < -0.4 is 15.0 Å². The van der Waals surface area contributed by atoms with E-state index in [0.717, 1.165) is 23.7 Å². The van der Waals surface area contributed by atoms with Gasteiger partial charge in [0.1, 0.15) is 19.0 Å². The summed E-state index contributed by atoms with van der Waals surface area (Å²) in [7, 11) is 0. The number of hydrogen-bond acceptors (Lipinski definition) is 6. The summed E-state index contributed by atoms with van der Waals surface area (Å²) < 4.78 is 10.6. The third-order valence-electron chi connectivity index (χ3n) is 3.52. The van der Waals surface area contributed by atoms with Gasteiger partial charge in [0, 0.05) is 11.9 Å². The van der Waals surface area contributed by atoms with Crippen LogP contribution in [0.4, 0.5) is 16.2 Å². The number of hydrogen-bond donors (Lipinski definition) is 2. The Bertz CT molecular complexity index is 739. The molecule has 24 heavy (non-hydrogen) atoms. The van der Waals surface area contributed by atoms with Gasteiger partial charge in [-0.15, -0.1) is 0 Å². The lowest BCUT2D eigenvalue weighted by Crippen LogP contribution is -2.32. The van der Waals surface area contributed by atoms with Crippen molar-refractivity contribution in [3.63, 3.8) is 0 Å². The topological polar surface area (TPSA) is 103 Å². The first-order valence-electron chi connectivity index (χ1n) is 7.56. The molecule has 0 saturated carbocycles. The number of rotatable bonds is 5. The SMILES string of the molecule is N#CCCOC(=O)Nc1ccc2c(c1)N(Cc1c[nH]cn1)CCO2. The highest BCUT2D eigenvalue weighted by atomic mass is 16.5. The number of imidazole rings is 1. The van der Waals surface area contributed by atoms with Crippen molar-refractivity contribution in [3.8, 4) is 11.8 Å². The Balaban J connectivity index is 1.70. The van der Waals surface area contributed by atoms with Crippen LogP contribution in [0.15, 0.2) is 30.7 Å². The lowest BCUT2D eigenvalue weighted by Gasteiger charge is -2.31. The average molecular weight is 327 g/mol. The number of anilines is 2. The molecule has 0 unspecified atom stereocenters. The number of carbonyl (C=O) groups is 1. The second-order valence-corrected chi connectivity index (χ2v) is 5.18. The molecule has 1 amide bonds. The van der Waals surface area contributed by atoms with E-state index in [9.17, 15) is 4.79 Å². The molecule has 1 aliphatic rings. The molecule has 3 rings (SSSR count). The Labute approximate surface area is 139 Å². The molecule has 0 atom stereocenters. The van der Waals surface area contributed by atoms with E-state index in [1.165, 1.54) is 0 Å². The number of aromatic amines is 1. The zero-order chi connectivity index (χ0) is 16.8. The lowest BCUT2D eigenvalue weighted by atomic mass is 10.2. The second kappa shape index (κ2) is 7.37. The van der Waals surface area contributed by atoms with Crippen LogP contribution in [0, 0.1) is 11.3 Å². The average Bonchev–Trinajstić information content (AvgIpc) is 3.09. The van der Waals surface area contributed by atoms with Crippen molar-refractivity contribution < 1.29 is 14.3 Å². The first kappa shape index (κ1) is 15.7. The molecule has 0 radical (unpaired) electrons. The molecule has 8 heteroatoms. The maximum Gasteiger partial charge on any atom is 0.411 e. The van der Waals surface area contributed by atoms with Crippen LogP contribution in [0.25, 0.3) is 0 Å². The number of H-pyrrole nitrogens is 1. The molecule has 1 aromatic carbocycles. The van der Waals surface area contributed by atoms with E-state index in [1.54, 1.807) is 12.4 Å². The van der Waals surface area contributed by atoms with Gasteiger partial charge >= 0.3 is 6.09 Å². The van der Waals surface area contributed by atoms with Crippen molar-refractivity contribution >= 4 is 17.5 Å². The maximum atomic E-state index is 11.7. The summed E-state index contributed by atoms with van der Waals surface area (Å²) in [5, 5.41) is 11.1. The molecule has 2 aromatic rings. The van der Waals surface area contributed by atoms with Crippen LogP contribution >= 0.6 is 0 Å². The molecular formula is C16H17N5O3. The predicted octanol–water partition coefficient (Wildman–Crippen LogP) is 2.27. The Kier molecular flexibility index (Phi) is 4.81. The van der Waals surface area contributed by atoms with Crippen molar-refractivity contribution in [3.05, 3.63) is 36.4 Å². The fraction of sp³-hybridized carbons (Fsp3) is 0.312. The number of aromatic nitrogens is 2. The van der Waals surface area contributed by atoms with Crippen molar-refractivity contribution in [1.29, 1.82) is 5.26 Å². The van der Waals surface area contributed by atoms with Crippen LogP contribution in [0.1, 0.15) is 12.1 Å². The molecule has 0 aliphatic carbocycles. The Morgan fingerprint density at radius 1 is 1.54 bits per heavy atom. The Morgan fingerprint density at radius 3 is 3.25 bits per heavy atom. The van der Waals surface area contributed by atoms with Crippen molar-refractivity contribution in [2.45, 2.75) is 13.0 Å². The van der Waals surface area contributed by atoms with E-state index in [-0.39, 0.29) is 13.0 Å². The summed E-state index contributed by atoms with van der Waals surface area (Å²) in [6, 6.07) is 7.33. The molecule has 8 nitrogen and oxygen atoms in total. The van der Waals surface area contributed by atoms with Gasteiger partial charge in [-0.05, 0) is 18.2 Å². The molecule has 0 bridgehead atoms. The van der Waals surface area contributed by atoms with Gasteiger partial charge in [-0.25, -0.2) is 9.78 Å². The quantitative estimate of drug-likeness (QED) is 0.817. The Morgan fingerprint density at radius 2 is 2.46 bits per heavy atom. The third-order valence-corrected chi connectivity index (χ3v) is 3.52. The van der Waals surface area contributed by atoms with E-state index in [1.807, 2.05) is 24.4 Å². The molecule has 124 valence electrons. The minimum atomic E-state index is -0.583. The van der Waals surface area contributed by atoms with Crippen LogP contribution in [0.2, 0.25) is 0 Å². The number of carbonyl (C=O) groups excluding carboxylic acids is 1. The molecule has 1 aromatic heterocycles. The maximum absolute atomic E-state index is 11.7. The van der Waals surface area contributed by atoms with Gasteiger partial charge in [-0.2, -0.15) is 5.26 Å². The highest BCUT2D eigenvalue weighted by molar-refractivity contribution is 5.86. The number of nitrogens with one attached hydrogen (secondary N) is 2. The molecule has 1 aliphatic heterocycles. The van der Waals surface area contributed by atoms with Crippen LogP contribution in [0.3, 0.4) is 0 Å². The third kappa shape index (κ3) is 3.76. The normalized spacial score (nSPS) is 12.7. The van der Waals surface area contributed by atoms with Gasteiger partial charge in [0.05, 0.1) is 43.3 Å². The standard InChI is InChI=1S/C16H17N5O3/c17-4-1-6-24-16(22)20-12-2-3-15-14(8-12)21(5-7-23-15)10-13-9-18-11-19-13/h2-3,8-9,11H,1,5-7,10H2,(H,18,19)(H,20,22). The summed E-state index contributed by atoms with van der Waals surface area (Å²) in [5.41, 5.74) is 2.42. The van der Waals surface area contributed by atoms with Gasteiger partial charge in [-0.1, -0.05) is 0 Å². The first-order valence-corrected chi connectivity index (χ1v) is 7.56. The lowest BCUT2D eigenvalue weighted by molar-refractivity contribution is 0.164. The number of fused-ring (bicyclic) bond motifs is 1. The predicted molar refractivity (Wildman–Crippen MR) is 86.8 cm³/mol. The monoisotopic (exact) mass is 327 g/mol. The van der Waals surface area contributed by atoms with Crippen molar-refractivity contribution in [2.24, 2.45) is 0 Å². The largest absolute Gasteiger partial charge is 0.490 e. The minimum Gasteiger partial charge on any atom is -0.490 e. The number of amides is 1. The number of benzene rings is 1. The van der Waals surface area contributed by atoms with Crippen LogP contribution in [-0.2, 0) is 11.3 Å². The molecular weight excluding hydrogens is 310 g/mol. The molecule has 0 fully saturated rings. The van der Waals surface area contributed by atoms with Gasteiger partial charge in [0.2, 0.25) is 0 Å². The van der Waals surface area contributed by atoms with Crippen molar-refractivity contribution in [1.82, 2.24) is 9.97 Å². The molecule has 2 N–H and O–H groups in total. The number of nitrogens with zero attached hydrogens (tertiary/aromatic N) is 3. The Hall–Kier alpha value is -3.21. The van der Waals surface area contributed by atoms with Crippen LogP contribution in [-0.4, -0.2) is 35.8 Å². The fourth-order valence-corrected chi connectivity index (χ4v) is 2.43. The fourth-order valence-electron chi connectivity index (χ4n) is 2.43. The smallest absolute Gasteiger partial charge is 0.411 e. The first-order chi connectivity index (χ1) is 11.8. The summed E-state index contributed by atoms with van der Waals surface area (Å²) in [5.74, 6) is 0.764. The minimum absolute atomic E-state index is 0.0711. The van der Waals surface area contributed by atoms with E-state index < -0.39 is 6.09 Å². The van der Waals surface area contributed by atoms with E-state index in [2.05, 4.69) is 20.2 Å². The zero-order valence-electron chi connectivity index (χ0n) is 13.0. The van der Waals surface area contributed by atoms with E-state index in [0.29, 0.717) is 18.8 Å². The van der Waals surface area contributed by atoms with E-state index >= 15 is 0 Å². The van der Waals surface area contributed by atoms with Gasteiger partial charge in [-0.3, -0.25) is 5.32 Å². The molecule has 0 spiro atoms. The highest BCUT2D eigenvalue weighted by Crippen LogP contribution is 2.34. The van der Waals surface area contributed by atoms with Gasteiger partial charge in [0.25, 0.3) is 0 Å². The molecule has 2 heterocycles. The summed E-state index contributed by atoms with van der Waals surface area (Å²) in [4.78, 5) is 21.0. The molecule has 0 saturated heterocycles. The van der Waals surface area contributed by atoms with E-state index in [4.69, 9.17) is 14.7 Å². The number of ether oxygens (including phenoxy) is 2.